The van der Waals surface area contributed by atoms with Crippen molar-refractivity contribution in [3.63, 3.8) is 0 Å². The lowest BCUT2D eigenvalue weighted by atomic mass is 10.0. The minimum atomic E-state index is 0.695. The summed E-state index contributed by atoms with van der Waals surface area (Å²) in [6, 6.07) is 13.1. The van der Waals surface area contributed by atoms with Gasteiger partial charge in [-0.1, -0.05) is 11.6 Å². The number of H-pyrrole nitrogens is 2. The number of likely N-dealkylation sites (tertiary alicyclic amines) is 1. The molecule has 2 aromatic heterocycles. The molecule has 6 rings (SSSR count). The van der Waals surface area contributed by atoms with E-state index in [1.54, 1.807) is 0 Å². The third kappa shape index (κ3) is 3.15. The second-order valence-corrected chi connectivity index (χ2v) is 8.95. The van der Waals surface area contributed by atoms with E-state index in [9.17, 15) is 0 Å². The molecule has 2 N–H and O–H groups in total. The molecule has 2 aromatic carbocycles. The first-order chi connectivity index (χ1) is 14.7. The number of hydrogen-bond acceptors (Lipinski definition) is 4. The van der Waals surface area contributed by atoms with Crippen LogP contribution in [0.15, 0.2) is 36.4 Å². The molecule has 2 saturated heterocycles. The van der Waals surface area contributed by atoms with Crippen molar-refractivity contribution in [2.45, 2.75) is 31.7 Å². The molecule has 0 aliphatic carbocycles. The van der Waals surface area contributed by atoms with Crippen LogP contribution in [-0.4, -0.2) is 57.3 Å². The summed E-state index contributed by atoms with van der Waals surface area (Å²) in [5, 5.41) is 9.23. The highest BCUT2D eigenvalue weighted by molar-refractivity contribution is 6.31. The number of aromatic nitrogens is 4. The third-order valence-electron chi connectivity index (χ3n) is 6.70. The number of hydrogen-bond donors (Lipinski definition) is 2. The van der Waals surface area contributed by atoms with Gasteiger partial charge in [-0.3, -0.25) is 5.10 Å². The lowest BCUT2D eigenvalue weighted by Crippen LogP contribution is -2.43. The zero-order valence-corrected chi connectivity index (χ0v) is 17.6. The van der Waals surface area contributed by atoms with Gasteiger partial charge in [-0.05, 0) is 75.2 Å². The van der Waals surface area contributed by atoms with Crippen LogP contribution in [0.4, 0.5) is 5.69 Å². The summed E-state index contributed by atoms with van der Waals surface area (Å²) >= 11 is 6.10. The monoisotopic (exact) mass is 420 g/mol. The topological polar surface area (TPSA) is 63.8 Å². The van der Waals surface area contributed by atoms with Gasteiger partial charge < -0.3 is 14.8 Å². The van der Waals surface area contributed by atoms with Gasteiger partial charge in [-0.2, -0.15) is 5.10 Å². The highest BCUT2D eigenvalue weighted by Crippen LogP contribution is 2.30. The van der Waals surface area contributed by atoms with Crippen LogP contribution in [0.25, 0.3) is 33.5 Å². The Morgan fingerprint density at radius 2 is 1.77 bits per heavy atom. The fraction of sp³-hybridized carbons (Fsp3) is 0.391. The van der Waals surface area contributed by atoms with E-state index >= 15 is 0 Å². The molecule has 6 nitrogen and oxygen atoms in total. The number of fused-ring (bicyclic) bond motifs is 2. The quantitative estimate of drug-likeness (QED) is 0.498. The number of anilines is 1. The van der Waals surface area contributed by atoms with Crippen molar-refractivity contribution >= 4 is 39.2 Å². The van der Waals surface area contributed by atoms with Gasteiger partial charge in [0.15, 0.2) is 5.82 Å². The number of nitrogens with one attached hydrogen (secondary N) is 2. The average molecular weight is 421 g/mol. The first-order valence-corrected chi connectivity index (χ1v) is 11.3. The second kappa shape index (κ2) is 7.29. The van der Waals surface area contributed by atoms with E-state index in [2.05, 4.69) is 43.2 Å². The Labute approximate surface area is 180 Å². The molecular formula is C23H25ClN6. The number of piperidine rings is 1. The van der Waals surface area contributed by atoms with Crippen LogP contribution in [0.5, 0.6) is 0 Å². The molecule has 2 fully saturated rings. The van der Waals surface area contributed by atoms with Gasteiger partial charge in [0.1, 0.15) is 5.69 Å². The molecular weight excluding hydrogens is 396 g/mol. The number of imidazole rings is 1. The average Bonchev–Trinajstić information content (AvgIpc) is 3.51. The largest absolute Gasteiger partial charge is 0.371 e. The Balaban J connectivity index is 1.25. The third-order valence-corrected chi connectivity index (χ3v) is 6.94. The molecule has 154 valence electrons. The zero-order chi connectivity index (χ0) is 20.1. The molecule has 0 unspecified atom stereocenters. The van der Waals surface area contributed by atoms with Crippen molar-refractivity contribution in [1.82, 2.24) is 25.1 Å². The number of aromatic amines is 2. The van der Waals surface area contributed by atoms with Crippen molar-refractivity contribution < 1.29 is 0 Å². The van der Waals surface area contributed by atoms with Crippen LogP contribution in [0.1, 0.15) is 25.7 Å². The second-order valence-electron chi connectivity index (χ2n) is 8.51. The van der Waals surface area contributed by atoms with Gasteiger partial charge in [0.25, 0.3) is 0 Å². The Morgan fingerprint density at radius 3 is 2.60 bits per heavy atom. The van der Waals surface area contributed by atoms with E-state index in [0.717, 1.165) is 52.6 Å². The van der Waals surface area contributed by atoms with Crippen molar-refractivity contribution in [3.05, 3.63) is 41.4 Å². The fourth-order valence-electron chi connectivity index (χ4n) is 5.07. The van der Waals surface area contributed by atoms with Gasteiger partial charge >= 0.3 is 0 Å². The van der Waals surface area contributed by atoms with E-state index in [1.807, 2.05) is 18.2 Å². The molecule has 4 aromatic rings. The molecule has 0 atom stereocenters. The van der Waals surface area contributed by atoms with Crippen LogP contribution in [0, 0.1) is 0 Å². The molecule has 2 aliphatic rings. The molecule has 2 aliphatic heterocycles. The normalized spacial score (nSPS) is 18.8. The smallest absolute Gasteiger partial charge is 0.159 e. The highest BCUT2D eigenvalue weighted by atomic mass is 35.5. The molecule has 0 radical (unpaired) electrons. The van der Waals surface area contributed by atoms with E-state index < -0.39 is 0 Å². The van der Waals surface area contributed by atoms with Gasteiger partial charge in [-0.15, -0.1) is 0 Å². The number of benzene rings is 2. The van der Waals surface area contributed by atoms with Gasteiger partial charge in [0.2, 0.25) is 0 Å². The van der Waals surface area contributed by atoms with Crippen molar-refractivity contribution in [2.24, 2.45) is 0 Å². The van der Waals surface area contributed by atoms with E-state index in [0.29, 0.717) is 5.02 Å². The minimum Gasteiger partial charge on any atom is -0.371 e. The Bertz CT molecular complexity index is 1200. The van der Waals surface area contributed by atoms with E-state index in [-0.39, 0.29) is 0 Å². The molecule has 0 saturated carbocycles. The van der Waals surface area contributed by atoms with Crippen molar-refractivity contribution in [2.75, 3.05) is 31.1 Å². The van der Waals surface area contributed by atoms with Gasteiger partial charge in [0, 0.05) is 35.2 Å². The van der Waals surface area contributed by atoms with Crippen LogP contribution in [0.3, 0.4) is 0 Å². The summed E-state index contributed by atoms with van der Waals surface area (Å²) < 4.78 is 0. The predicted molar refractivity (Wildman–Crippen MR) is 122 cm³/mol. The SMILES string of the molecule is Clc1ccc2c(-c3nc4ccc(N5CCC(N6CCCC6)CC5)cc4[nH]3)n[nH]c2c1. The maximum absolute atomic E-state index is 6.10. The summed E-state index contributed by atoms with van der Waals surface area (Å²) in [7, 11) is 0. The van der Waals surface area contributed by atoms with E-state index in [1.165, 1.54) is 44.5 Å². The first-order valence-electron chi connectivity index (χ1n) is 10.9. The standard InChI is InChI=1S/C23H25ClN6/c24-15-3-5-18-20(13-15)27-28-22(18)23-25-19-6-4-17(14-21(19)26-23)30-11-7-16(8-12-30)29-9-1-2-10-29/h3-6,13-14,16H,1-2,7-12H2,(H,25,26)(H,27,28). The molecule has 0 amide bonds. The van der Waals surface area contributed by atoms with Crippen molar-refractivity contribution in [1.29, 1.82) is 0 Å². The maximum Gasteiger partial charge on any atom is 0.159 e. The summed E-state index contributed by atoms with van der Waals surface area (Å²) in [6.45, 7) is 4.83. The number of halogens is 1. The first kappa shape index (κ1) is 18.2. The highest BCUT2D eigenvalue weighted by Gasteiger charge is 2.26. The van der Waals surface area contributed by atoms with Crippen LogP contribution >= 0.6 is 11.6 Å². The summed E-state index contributed by atoms with van der Waals surface area (Å²) in [5.74, 6) is 0.781. The fourth-order valence-corrected chi connectivity index (χ4v) is 5.25. The Hall–Kier alpha value is -2.57. The zero-order valence-electron chi connectivity index (χ0n) is 16.9. The van der Waals surface area contributed by atoms with Crippen LogP contribution in [-0.2, 0) is 0 Å². The van der Waals surface area contributed by atoms with Gasteiger partial charge in [-0.25, -0.2) is 4.98 Å². The minimum absolute atomic E-state index is 0.695. The molecule has 30 heavy (non-hydrogen) atoms. The van der Waals surface area contributed by atoms with Crippen LogP contribution in [0.2, 0.25) is 5.02 Å². The maximum atomic E-state index is 6.10. The summed E-state index contributed by atoms with van der Waals surface area (Å²) in [6.07, 6.45) is 5.26. The number of nitrogens with zero attached hydrogens (tertiary/aromatic N) is 4. The number of rotatable bonds is 3. The predicted octanol–water partition coefficient (Wildman–Crippen LogP) is 4.82. The van der Waals surface area contributed by atoms with Crippen molar-refractivity contribution in [3.8, 4) is 11.5 Å². The molecule has 0 spiro atoms. The Kier molecular flexibility index (Phi) is 4.43. The molecule has 7 heteroatoms. The Morgan fingerprint density at radius 1 is 0.933 bits per heavy atom. The lowest BCUT2D eigenvalue weighted by molar-refractivity contribution is 0.208. The lowest BCUT2D eigenvalue weighted by Gasteiger charge is -2.37. The molecule has 0 bridgehead atoms. The molecule has 4 heterocycles. The van der Waals surface area contributed by atoms with Gasteiger partial charge in [0.05, 0.1) is 16.6 Å². The summed E-state index contributed by atoms with van der Waals surface area (Å²) in [4.78, 5) is 13.5. The summed E-state index contributed by atoms with van der Waals surface area (Å²) in [5.41, 5.74) is 5.03. The van der Waals surface area contributed by atoms with Crippen LogP contribution < -0.4 is 4.90 Å². The van der Waals surface area contributed by atoms with E-state index in [4.69, 9.17) is 16.6 Å².